The molecule has 0 N–H and O–H groups in total. The van der Waals surface area contributed by atoms with Crippen molar-refractivity contribution >= 4 is 11.7 Å². The van der Waals surface area contributed by atoms with Crippen molar-refractivity contribution in [3.63, 3.8) is 0 Å². The number of amides is 2. The van der Waals surface area contributed by atoms with E-state index in [2.05, 4.69) is 16.4 Å². The van der Waals surface area contributed by atoms with E-state index in [1.54, 1.807) is 22.0 Å². The van der Waals surface area contributed by atoms with Crippen LogP contribution in [0.4, 0.5) is 4.79 Å². The molecule has 1 aromatic heterocycles. The van der Waals surface area contributed by atoms with E-state index in [-0.39, 0.29) is 12.1 Å². The molecule has 0 aliphatic carbocycles. The first-order chi connectivity index (χ1) is 7.25. The van der Waals surface area contributed by atoms with E-state index in [4.69, 9.17) is 0 Å². The second kappa shape index (κ2) is 2.82. The summed E-state index contributed by atoms with van der Waals surface area (Å²) in [5.74, 6) is 0. The van der Waals surface area contributed by atoms with Crippen molar-refractivity contribution in [2.45, 2.75) is 6.04 Å². The van der Waals surface area contributed by atoms with Gasteiger partial charge in [-0.25, -0.2) is 9.48 Å². The molecule has 15 heavy (non-hydrogen) atoms. The average molecular weight is 205 g/mol. The molecule has 0 aromatic carbocycles. The van der Waals surface area contributed by atoms with E-state index in [1.807, 2.05) is 11.9 Å². The molecular weight excluding hydrogens is 194 g/mol. The van der Waals surface area contributed by atoms with E-state index in [0.717, 1.165) is 12.2 Å². The number of aromatic nitrogens is 3. The summed E-state index contributed by atoms with van der Waals surface area (Å²) in [6, 6.07) is 0.261. The monoisotopic (exact) mass is 205 g/mol. The molecule has 2 amide bonds. The summed E-state index contributed by atoms with van der Waals surface area (Å²) in [7, 11) is 1.83. The number of carbonyl (C=O) groups excluding carboxylic acids is 1. The molecule has 0 unspecified atom stereocenters. The number of urea groups is 1. The normalized spacial score (nSPS) is 24.7. The Bertz CT molecular complexity index is 424. The van der Waals surface area contributed by atoms with Gasteiger partial charge in [0.05, 0.1) is 30.7 Å². The molecule has 2 bridgehead atoms. The molecule has 1 saturated heterocycles. The Morgan fingerprint density at radius 2 is 2.40 bits per heavy atom. The standard InChI is InChI=1S/C9H11N5O/c1-12-7-4-8(14-3-2-10-11-14)6-13(5-7)9(12)15/h2-4,7H,5-6H2,1H3/t7-/m1/s1. The zero-order valence-electron chi connectivity index (χ0n) is 8.37. The summed E-state index contributed by atoms with van der Waals surface area (Å²) in [6.07, 6.45) is 5.51. The first kappa shape index (κ1) is 8.46. The number of hydrogen-bond donors (Lipinski definition) is 0. The van der Waals surface area contributed by atoms with Crippen LogP contribution in [-0.4, -0.2) is 57.0 Å². The van der Waals surface area contributed by atoms with Gasteiger partial charge in [-0.15, -0.1) is 5.10 Å². The van der Waals surface area contributed by atoms with Crippen LogP contribution < -0.4 is 0 Å². The molecule has 0 saturated carbocycles. The van der Waals surface area contributed by atoms with E-state index < -0.39 is 0 Å². The minimum atomic E-state index is 0.0892. The lowest BCUT2D eigenvalue weighted by Crippen LogP contribution is -2.31. The van der Waals surface area contributed by atoms with Gasteiger partial charge in [-0.3, -0.25) is 0 Å². The van der Waals surface area contributed by atoms with Crippen molar-refractivity contribution in [3.8, 4) is 0 Å². The second-order valence-electron chi connectivity index (χ2n) is 3.85. The predicted molar refractivity (Wildman–Crippen MR) is 52.8 cm³/mol. The highest BCUT2D eigenvalue weighted by atomic mass is 16.2. The summed E-state index contributed by atoms with van der Waals surface area (Å²) >= 11 is 0. The third-order valence-corrected chi connectivity index (χ3v) is 2.93. The largest absolute Gasteiger partial charge is 0.320 e. The highest BCUT2D eigenvalue weighted by molar-refractivity contribution is 5.80. The van der Waals surface area contributed by atoms with E-state index >= 15 is 0 Å². The van der Waals surface area contributed by atoms with Crippen molar-refractivity contribution in [1.82, 2.24) is 24.8 Å². The lowest BCUT2D eigenvalue weighted by atomic mass is 10.2. The molecule has 2 aliphatic heterocycles. The first-order valence-electron chi connectivity index (χ1n) is 4.85. The molecule has 6 heteroatoms. The Kier molecular flexibility index (Phi) is 1.59. The van der Waals surface area contributed by atoms with E-state index in [9.17, 15) is 4.79 Å². The zero-order valence-corrected chi connectivity index (χ0v) is 8.37. The smallest absolute Gasteiger partial charge is 0.319 e. The van der Waals surface area contributed by atoms with Crippen molar-refractivity contribution in [2.75, 3.05) is 20.1 Å². The van der Waals surface area contributed by atoms with Crippen LogP contribution in [0.1, 0.15) is 0 Å². The Morgan fingerprint density at radius 3 is 3.07 bits per heavy atom. The molecule has 3 rings (SSSR count). The van der Waals surface area contributed by atoms with Crippen LogP contribution in [0.5, 0.6) is 0 Å². The molecule has 2 aliphatic rings. The van der Waals surface area contributed by atoms with Crippen LogP contribution >= 0.6 is 0 Å². The molecular formula is C9H11N5O. The van der Waals surface area contributed by atoms with Crippen LogP contribution in [0, 0.1) is 0 Å². The zero-order chi connectivity index (χ0) is 10.4. The highest BCUT2D eigenvalue weighted by Crippen LogP contribution is 2.24. The molecule has 3 heterocycles. The summed E-state index contributed by atoms with van der Waals surface area (Å²) in [5.41, 5.74) is 1.02. The van der Waals surface area contributed by atoms with Gasteiger partial charge in [0, 0.05) is 13.6 Å². The highest BCUT2D eigenvalue weighted by Gasteiger charge is 2.37. The van der Waals surface area contributed by atoms with Crippen molar-refractivity contribution in [2.24, 2.45) is 0 Å². The van der Waals surface area contributed by atoms with Gasteiger partial charge in [0.2, 0.25) is 0 Å². The molecule has 1 atom stereocenters. The third-order valence-electron chi connectivity index (χ3n) is 2.93. The topological polar surface area (TPSA) is 54.3 Å². The summed E-state index contributed by atoms with van der Waals surface area (Å²) in [6.45, 7) is 1.40. The maximum atomic E-state index is 11.7. The molecule has 0 radical (unpaired) electrons. The number of nitrogens with zero attached hydrogens (tertiary/aromatic N) is 5. The Morgan fingerprint density at radius 1 is 1.53 bits per heavy atom. The van der Waals surface area contributed by atoms with Gasteiger partial charge in [-0.2, -0.15) is 0 Å². The summed E-state index contributed by atoms with van der Waals surface area (Å²) in [4.78, 5) is 15.3. The van der Waals surface area contributed by atoms with Crippen molar-refractivity contribution in [3.05, 3.63) is 18.5 Å². The van der Waals surface area contributed by atoms with Crippen LogP contribution in [0.25, 0.3) is 5.70 Å². The Balaban J connectivity index is 1.96. The number of rotatable bonds is 1. The fourth-order valence-corrected chi connectivity index (χ4v) is 2.07. The van der Waals surface area contributed by atoms with Gasteiger partial charge >= 0.3 is 6.03 Å². The number of fused-ring (bicyclic) bond motifs is 2. The molecule has 1 fully saturated rings. The number of carbonyl (C=O) groups is 1. The van der Waals surface area contributed by atoms with Gasteiger partial charge in [0.15, 0.2) is 0 Å². The minimum Gasteiger partial charge on any atom is -0.319 e. The van der Waals surface area contributed by atoms with Gasteiger partial charge in [-0.05, 0) is 6.08 Å². The Labute approximate surface area is 86.8 Å². The SMILES string of the molecule is CN1C(=O)N2CC(n3ccnn3)=C[C@@H]1C2. The predicted octanol–water partition coefficient (Wildman–Crippen LogP) is -0.131. The summed E-state index contributed by atoms with van der Waals surface area (Å²) in [5, 5.41) is 7.69. The molecule has 0 spiro atoms. The molecule has 1 aromatic rings. The van der Waals surface area contributed by atoms with Crippen LogP contribution in [0.15, 0.2) is 18.5 Å². The van der Waals surface area contributed by atoms with E-state index in [1.165, 1.54) is 0 Å². The van der Waals surface area contributed by atoms with Crippen molar-refractivity contribution < 1.29 is 4.79 Å². The average Bonchev–Trinajstić information content (AvgIpc) is 2.84. The molecule has 6 nitrogen and oxygen atoms in total. The maximum absolute atomic E-state index is 11.7. The van der Waals surface area contributed by atoms with Gasteiger partial charge in [0.25, 0.3) is 0 Å². The lowest BCUT2D eigenvalue weighted by Gasteiger charge is -2.20. The van der Waals surface area contributed by atoms with Crippen LogP contribution in [0.2, 0.25) is 0 Å². The summed E-state index contributed by atoms with van der Waals surface area (Å²) < 4.78 is 1.71. The fraction of sp³-hybridized carbons (Fsp3) is 0.444. The van der Waals surface area contributed by atoms with Crippen LogP contribution in [0.3, 0.4) is 0 Å². The number of hydrogen-bond acceptors (Lipinski definition) is 3. The fourth-order valence-electron chi connectivity index (χ4n) is 2.07. The van der Waals surface area contributed by atoms with Gasteiger partial charge in [-0.1, -0.05) is 5.21 Å². The Hall–Kier alpha value is -1.85. The van der Waals surface area contributed by atoms with Crippen LogP contribution in [-0.2, 0) is 0 Å². The van der Waals surface area contributed by atoms with E-state index in [0.29, 0.717) is 6.54 Å². The first-order valence-corrected chi connectivity index (χ1v) is 4.85. The van der Waals surface area contributed by atoms with Gasteiger partial charge in [0.1, 0.15) is 0 Å². The molecule has 78 valence electrons. The quantitative estimate of drug-likeness (QED) is 0.641. The third kappa shape index (κ3) is 1.14. The van der Waals surface area contributed by atoms with Crippen molar-refractivity contribution in [1.29, 1.82) is 0 Å². The number of likely N-dealkylation sites (N-methyl/N-ethyl adjacent to an activating group) is 1. The maximum Gasteiger partial charge on any atom is 0.320 e. The second-order valence-corrected chi connectivity index (χ2v) is 3.85. The van der Waals surface area contributed by atoms with Gasteiger partial charge < -0.3 is 9.80 Å². The lowest BCUT2D eigenvalue weighted by molar-refractivity contribution is 0.201. The minimum absolute atomic E-state index is 0.0892.